The molecular formula is C20H10F5N5. The van der Waals surface area contributed by atoms with Gasteiger partial charge in [-0.05, 0) is 24.1 Å². The van der Waals surface area contributed by atoms with Crippen LogP contribution in [0.5, 0.6) is 0 Å². The molecule has 0 unspecified atom stereocenters. The molecule has 150 valence electrons. The predicted octanol–water partition coefficient (Wildman–Crippen LogP) is 4.54. The lowest BCUT2D eigenvalue weighted by molar-refractivity contribution is -0.137. The fraction of sp³-hybridized carbons (Fsp3) is 0.100. The minimum atomic E-state index is -4.50. The molecule has 0 aliphatic rings. The Morgan fingerprint density at radius 3 is 2.37 bits per heavy atom. The third-order valence-electron chi connectivity index (χ3n) is 4.12. The zero-order chi connectivity index (χ0) is 21.3. The molecule has 10 heteroatoms. The molecule has 30 heavy (non-hydrogen) atoms. The maximum Gasteiger partial charge on any atom is 0.416 e. The number of nitrogens with zero attached hydrogens (tertiary/aromatic N) is 5. The first kappa shape index (κ1) is 19.4. The van der Waals surface area contributed by atoms with E-state index in [0.29, 0.717) is 5.69 Å². The number of hydrogen-bond donors (Lipinski definition) is 0. The van der Waals surface area contributed by atoms with Crippen molar-refractivity contribution in [3.05, 3.63) is 77.6 Å². The lowest BCUT2D eigenvalue weighted by Gasteiger charge is -2.10. The number of aromatic nitrogens is 5. The van der Waals surface area contributed by atoms with Gasteiger partial charge in [-0.1, -0.05) is 18.1 Å². The fourth-order valence-corrected chi connectivity index (χ4v) is 2.70. The fourth-order valence-electron chi connectivity index (χ4n) is 2.70. The highest BCUT2D eigenvalue weighted by atomic mass is 19.4. The van der Waals surface area contributed by atoms with Crippen molar-refractivity contribution in [2.75, 3.05) is 0 Å². The van der Waals surface area contributed by atoms with E-state index in [-0.39, 0.29) is 22.5 Å². The van der Waals surface area contributed by atoms with Gasteiger partial charge in [0, 0.05) is 18.0 Å². The molecule has 5 nitrogen and oxygen atoms in total. The minimum Gasteiger partial charge on any atom is -0.260 e. The Bertz CT molecular complexity index is 1250. The quantitative estimate of drug-likeness (QED) is 0.356. The maximum absolute atomic E-state index is 13.6. The second-order valence-electron chi connectivity index (χ2n) is 6.08. The molecule has 4 rings (SSSR count). The summed E-state index contributed by atoms with van der Waals surface area (Å²) >= 11 is 0. The van der Waals surface area contributed by atoms with E-state index in [9.17, 15) is 22.0 Å². The topological polar surface area (TPSA) is 56.0 Å². The van der Waals surface area contributed by atoms with E-state index < -0.39 is 23.9 Å². The monoisotopic (exact) mass is 415 g/mol. The first-order chi connectivity index (χ1) is 14.3. The zero-order valence-electron chi connectivity index (χ0n) is 14.9. The Morgan fingerprint density at radius 2 is 1.73 bits per heavy atom. The van der Waals surface area contributed by atoms with E-state index >= 15 is 0 Å². The van der Waals surface area contributed by atoms with Crippen molar-refractivity contribution in [1.29, 1.82) is 0 Å². The van der Waals surface area contributed by atoms with Gasteiger partial charge in [0.25, 0.3) is 6.43 Å². The number of fused-ring (bicyclic) bond motifs is 1. The van der Waals surface area contributed by atoms with Crippen molar-refractivity contribution in [1.82, 2.24) is 24.6 Å². The maximum atomic E-state index is 13.6. The summed E-state index contributed by atoms with van der Waals surface area (Å²) < 4.78 is 66.5. The minimum absolute atomic E-state index is 0.0547. The van der Waals surface area contributed by atoms with Gasteiger partial charge < -0.3 is 0 Å². The van der Waals surface area contributed by atoms with Crippen molar-refractivity contribution < 1.29 is 22.0 Å². The SMILES string of the molecule is FC(F)c1cc(-c2ccc(C(F)(F)F)cc2)nc2c(C#Cc3cnccn3)cnn12. The van der Waals surface area contributed by atoms with Crippen LogP contribution in [0, 0.1) is 11.8 Å². The van der Waals surface area contributed by atoms with Crippen LogP contribution in [0.15, 0.2) is 55.1 Å². The van der Waals surface area contributed by atoms with Crippen LogP contribution < -0.4 is 0 Å². The average molecular weight is 415 g/mol. The van der Waals surface area contributed by atoms with E-state index in [0.717, 1.165) is 22.7 Å². The van der Waals surface area contributed by atoms with Crippen molar-refractivity contribution in [2.45, 2.75) is 12.6 Å². The molecule has 3 heterocycles. The van der Waals surface area contributed by atoms with E-state index in [4.69, 9.17) is 0 Å². The lowest BCUT2D eigenvalue weighted by Crippen LogP contribution is -2.05. The number of halogens is 5. The molecule has 0 aliphatic heterocycles. The van der Waals surface area contributed by atoms with Crippen molar-refractivity contribution in [2.24, 2.45) is 0 Å². The summed E-state index contributed by atoms with van der Waals surface area (Å²) in [6.45, 7) is 0. The number of hydrogen-bond acceptors (Lipinski definition) is 4. The van der Waals surface area contributed by atoms with E-state index in [2.05, 4.69) is 31.9 Å². The standard InChI is InChI=1S/C20H10F5N5/c21-18(22)17-9-16(12-1-4-14(5-2-12)20(23,24)25)29-19-13(10-28-30(17)19)3-6-15-11-26-7-8-27-15/h1-2,4-5,7-11,18H. The van der Waals surface area contributed by atoms with Crippen molar-refractivity contribution >= 4 is 5.65 Å². The van der Waals surface area contributed by atoms with Crippen LogP contribution in [-0.4, -0.2) is 24.6 Å². The van der Waals surface area contributed by atoms with Crippen LogP contribution in [0.25, 0.3) is 16.9 Å². The Balaban J connectivity index is 1.83. The summed E-state index contributed by atoms with van der Waals surface area (Å²) in [5, 5.41) is 3.92. The van der Waals surface area contributed by atoms with E-state index in [1.807, 2.05) is 0 Å². The van der Waals surface area contributed by atoms with Gasteiger partial charge in [0.1, 0.15) is 11.4 Å². The Kier molecular flexibility index (Phi) is 4.87. The third-order valence-corrected chi connectivity index (χ3v) is 4.12. The smallest absolute Gasteiger partial charge is 0.260 e. The van der Waals surface area contributed by atoms with Gasteiger partial charge in [0.2, 0.25) is 0 Å². The summed E-state index contributed by atoms with van der Waals surface area (Å²) in [6.07, 6.45) is -1.73. The second kappa shape index (κ2) is 7.51. The molecule has 3 aromatic heterocycles. The number of rotatable bonds is 2. The molecule has 1 aromatic carbocycles. The lowest BCUT2D eigenvalue weighted by atomic mass is 10.1. The van der Waals surface area contributed by atoms with E-state index in [1.165, 1.54) is 36.9 Å². The van der Waals surface area contributed by atoms with Gasteiger partial charge in [-0.15, -0.1) is 0 Å². The molecule has 0 saturated heterocycles. The molecule has 0 N–H and O–H groups in total. The molecule has 0 saturated carbocycles. The highest BCUT2D eigenvalue weighted by Crippen LogP contribution is 2.32. The van der Waals surface area contributed by atoms with Gasteiger partial charge in [-0.3, -0.25) is 4.98 Å². The average Bonchev–Trinajstić information content (AvgIpc) is 3.14. The van der Waals surface area contributed by atoms with Crippen LogP contribution in [-0.2, 0) is 6.18 Å². The number of benzene rings is 1. The molecule has 0 bridgehead atoms. The van der Waals surface area contributed by atoms with Gasteiger partial charge in [0.15, 0.2) is 5.65 Å². The van der Waals surface area contributed by atoms with Crippen molar-refractivity contribution in [3.63, 3.8) is 0 Å². The molecule has 0 amide bonds. The molecule has 0 spiro atoms. The van der Waals surface area contributed by atoms with Crippen LogP contribution in [0.2, 0.25) is 0 Å². The molecule has 0 fully saturated rings. The Labute approximate surface area is 166 Å². The largest absolute Gasteiger partial charge is 0.416 e. The van der Waals surface area contributed by atoms with Crippen LogP contribution in [0.1, 0.15) is 28.9 Å². The molecular weight excluding hydrogens is 405 g/mol. The zero-order valence-corrected chi connectivity index (χ0v) is 14.9. The van der Waals surface area contributed by atoms with Crippen LogP contribution in [0.3, 0.4) is 0 Å². The van der Waals surface area contributed by atoms with Gasteiger partial charge in [-0.2, -0.15) is 18.3 Å². The third kappa shape index (κ3) is 3.82. The molecule has 0 atom stereocenters. The first-order valence-electron chi connectivity index (χ1n) is 8.45. The number of alkyl halides is 5. The predicted molar refractivity (Wildman–Crippen MR) is 96.4 cm³/mol. The summed E-state index contributed by atoms with van der Waals surface area (Å²) in [5.74, 6) is 5.51. The Morgan fingerprint density at radius 1 is 0.967 bits per heavy atom. The summed E-state index contributed by atoms with van der Waals surface area (Å²) in [7, 11) is 0. The van der Waals surface area contributed by atoms with Gasteiger partial charge in [-0.25, -0.2) is 23.3 Å². The summed E-state index contributed by atoms with van der Waals surface area (Å²) in [4.78, 5) is 12.2. The first-order valence-corrected chi connectivity index (χ1v) is 8.45. The molecule has 0 aliphatic carbocycles. The van der Waals surface area contributed by atoms with Crippen LogP contribution >= 0.6 is 0 Å². The van der Waals surface area contributed by atoms with E-state index in [1.54, 1.807) is 0 Å². The molecule has 4 aromatic rings. The Hall–Kier alpha value is -3.87. The molecule has 0 radical (unpaired) electrons. The van der Waals surface area contributed by atoms with Crippen molar-refractivity contribution in [3.8, 4) is 23.1 Å². The summed E-state index contributed by atoms with van der Waals surface area (Å²) in [5.41, 5.74) is -0.292. The summed E-state index contributed by atoms with van der Waals surface area (Å²) in [6, 6.07) is 5.19. The normalized spacial score (nSPS) is 11.5. The highest BCUT2D eigenvalue weighted by molar-refractivity contribution is 5.66. The van der Waals surface area contributed by atoms with Crippen LogP contribution in [0.4, 0.5) is 22.0 Å². The van der Waals surface area contributed by atoms with Gasteiger partial charge in [0.05, 0.1) is 29.2 Å². The highest BCUT2D eigenvalue weighted by Gasteiger charge is 2.30. The van der Waals surface area contributed by atoms with Gasteiger partial charge >= 0.3 is 6.18 Å². The second-order valence-corrected chi connectivity index (χ2v) is 6.08.